The Hall–Kier alpha value is -3.78. The van der Waals surface area contributed by atoms with Crippen molar-refractivity contribution in [1.29, 1.82) is 10.5 Å². The Labute approximate surface area is 243 Å². The molecule has 3 aromatic rings. The quantitative estimate of drug-likeness (QED) is 0.407. The number of nitrogens with zero attached hydrogens (tertiary/aromatic N) is 6. The van der Waals surface area contributed by atoms with Gasteiger partial charge in [-0.15, -0.1) is 0 Å². The zero-order valence-corrected chi connectivity index (χ0v) is 24.3. The van der Waals surface area contributed by atoms with Gasteiger partial charge in [0.25, 0.3) is 0 Å². The first kappa shape index (κ1) is 26.4. The van der Waals surface area contributed by atoms with E-state index in [2.05, 4.69) is 66.7 Å². The number of para-hydroxylation sites is 1. The van der Waals surface area contributed by atoms with E-state index in [4.69, 9.17) is 9.73 Å². The number of piperidine rings is 2. The Balaban J connectivity index is 1.48. The number of likely N-dealkylation sites (tertiary alicyclic amines) is 1. The summed E-state index contributed by atoms with van der Waals surface area (Å²) in [5.41, 5.74) is 1.22. The van der Waals surface area contributed by atoms with E-state index in [1.165, 1.54) is 5.56 Å². The van der Waals surface area contributed by atoms with Crippen LogP contribution in [0.2, 0.25) is 0 Å². The molecular formula is C32H31N6OSe. The molecule has 0 N–H and O–H groups in total. The first-order valence-electron chi connectivity index (χ1n) is 13.4. The summed E-state index contributed by atoms with van der Waals surface area (Å²) in [5.74, 6) is 1.00. The number of amidine groups is 1. The van der Waals surface area contributed by atoms with Gasteiger partial charge in [0.05, 0.1) is 0 Å². The summed E-state index contributed by atoms with van der Waals surface area (Å²) in [5, 5.41) is 22.3. The van der Waals surface area contributed by atoms with Gasteiger partial charge in [0.2, 0.25) is 0 Å². The predicted octanol–water partition coefficient (Wildman–Crippen LogP) is 3.49. The fraction of sp³-hybridized carbons (Fsp3) is 0.312. The van der Waals surface area contributed by atoms with Crippen molar-refractivity contribution in [2.45, 2.75) is 19.0 Å². The standard InChI is InChI=1S/C32H31N6OSe/c1-39-27-15-9-8-14-26(27)28-31(18-33)20-36(16-24-10-4-2-5-11-24)21-32(28,19-34)30(40)38-23-37(22-35-29(31)38)17-25-12-6-3-7-13-25/h2-15,28,40H,16-17,20-23H2,1H3. The molecule has 201 valence electrons. The molecule has 0 amide bonds. The third kappa shape index (κ3) is 4.25. The number of benzene rings is 3. The van der Waals surface area contributed by atoms with Crippen molar-refractivity contribution in [3.05, 3.63) is 102 Å². The Morgan fingerprint density at radius 2 is 1.43 bits per heavy atom. The number of ether oxygens (including phenoxy) is 1. The zero-order chi connectivity index (χ0) is 27.7. The van der Waals surface area contributed by atoms with Crippen molar-refractivity contribution >= 4 is 26.0 Å². The first-order chi connectivity index (χ1) is 19.5. The zero-order valence-electron chi connectivity index (χ0n) is 22.4. The Morgan fingerprint density at radius 1 is 0.850 bits per heavy atom. The minimum absolute atomic E-state index is 0.438. The first-order valence-corrected chi connectivity index (χ1v) is 14.4. The molecule has 2 saturated heterocycles. The van der Waals surface area contributed by atoms with Gasteiger partial charge in [-0.1, -0.05) is 0 Å². The van der Waals surface area contributed by atoms with Gasteiger partial charge in [0.1, 0.15) is 0 Å². The van der Waals surface area contributed by atoms with Gasteiger partial charge in [0.15, 0.2) is 0 Å². The average molecular weight is 595 g/mol. The average Bonchev–Trinajstić information content (AvgIpc) is 3.00. The molecule has 3 atom stereocenters. The number of nitriles is 2. The topological polar surface area (TPSA) is 78.9 Å². The number of aliphatic imine (C=N–C) groups is 1. The molecular weight excluding hydrogens is 563 g/mol. The normalized spacial score (nSPS) is 26.3. The summed E-state index contributed by atoms with van der Waals surface area (Å²) < 4.78 is 6.69. The summed E-state index contributed by atoms with van der Waals surface area (Å²) >= 11 is 2.68. The van der Waals surface area contributed by atoms with Crippen LogP contribution in [0.15, 0.2) is 89.9 Å². The van der Waals surface area contributed by atoms with Crippen molar-refractivity contribution in [3.8, 4) is 17.9 Å². The molecule has 2 fully saturated rings. The van der Waals surface area contributed by atoms with Crippen LogP contribution in [-0.4, -0.2) is 74.2 Å². The number of hydrogen-bond donors (Lipinski definition) is 0. The number of methoxy groups -OCH3 is 1. The van der Waals surface area contributed by atoms with E-state index in [1.807, 2.05) is 60.7 Å². The van der Waals surface area contributed by atoms with Crippen molar-refractivity contribution in [2.24, 2.45) is 15.8 Å². The summed E-state index contributed by atoms with van der Waals surface area (Å²) in [4.78, 5) is 11.8. The second-order valence-corrected chi connectivity index (χ2v) is 11.7. The second kappa shape index (κ2) is 10.7. The maximum atomic E-state index is 11.1. The van der Waals surface area contributed by atoms with Crippen molar-refractivity contribution in [3.63, 3.8) is 0 Å². The van der Waals surface area contributed by atoms with E-state index in [-0.39, 0.29) is 0 Å². The van der Waals surface area contributed by atoms with Crippen LogP contribution < -0.4 is 4.74 Å². The molecule has 3 aliphatic heterocycles. The van der Waals surface area contributed by atoms with Crippen LogP contribution in [0.1, 0.15) is 22.6 Å². The van der Waals surface area contributed by atoms with Crippen LogP contribution in [0.3, 0.4) is 0 Å². The summed E-state index contributed by atoms with van der Waals surface area (Å²) in [7, 11) is 1.65. The van der Waals surface area contributed by atoms with Crippen LogP contribution >= 0.6 is 0 Å². The Bertz CT molecular complexity index is 1530. The molecule has 3 unspecified atom stereocenters. The molecule has 2 bridgehead atoms. The summed E-state index contributed by atoms with van der Waals surface area (Å²) in [6, 6.07) is 33.9. The van der Waals surface area contributed by atoms with Crippen molar-refractivity contribution in [1.82, 2.24) is 14.7 Å². The van der Waals surface area contributed by atoms with Gasteiger partial charge >= 0.3 is 244 Å². The monoisotopic (exact) mass is 595 g/mol. The van der Waals surface area contributed by atoms with Crippen LogP contribution in [0, 0.1) is 33.5 Å². The van der Waals surface area contributed by atoms with Crippen LogP contribution in [0.4, 0.5) is 0 Å². The van der Waals surface area contributed by atoms with Gasteiger partial charge in [-0.25, -0.2) is 0 Å². The molecule has 3 aromatic carbocycles. The van der Waals surface area contributed by atoms with E-state index in [9.17, 15) is 10.5 Å². The van der Waals surface area contributed by atoms with Gasteiger partial charge in [-0.2, -0.15) is 0 Å². The van der Waals surface area contributed by atoms with Gasteiger partial charge in [0, 0.05) is 0 Å². The van der Waals surface area contributed by atoms with Gasteiger partial charge in [-0.3, -0.25) is 0 Å². The van der Waals surface area contributed by atoms with E-state index >= 15 is 0 Å². The van der Waals surface area contributed by atoms with E-state index in [0.29, 0.717) is 38.7 Å². The molecule has 0 aromatic heterocycles. The number of fused-ring (bicyclic) bond motifs is 4. The van der Waals surface area contributed by atoms with E-state index < -0.39 is 16.7 Å². The van der Waals surface area contributed by atoms with Crippen LogP contribution in [0.25, 0.3) is 0 Å². The Kier molecular flexibility index (Phi) is 7.04. The third-order valence-corrected chi connectivity index (χ3v) is 9.69. The van der Waals surface area contributed by atoms with Crippen LogP contribution in [0.5, 0.6) is 5.75 Å². The second-order valence-electron chi connectivity index (χ2n) is 10.8. The Morgan fingerprint density at radius 3 is 2.05 bits per heavy atom. The number of hydrogen-bond acceptors (Lipinski definition) is 7. The van der Waals surface area contributed by atoms with E-state index in [1.54, 1.807) is 7.11 Å². The molecule has 3 aliphatic rings. The molecule has 0 spiro atoms. The molecule has 0 saturated carbocycles. The fourth-order valence-corrected chi connectivity index (χ4v) is 7.60. The maximum absolute atomic E-state index is 11.1. The molecule has 3 heterocycles. The predicted molar refractivity (Wildman–Crippen MR) is 157 cm³/mol. The molecule has 6 rings (SSSR count). The van der Waals surface area contributed by atoms with Crippen molar-refractivity contribution in [2.75, 3.05) is 33.5 Å². The van der Waals surface area contributed by atoms with E-state index in [0.717, 1.165) is 28.0 Å². The summed E-state index contributed by atoms with van der Waals surface area (Å²) in [6.07, 6.45) is 0. The van der Waals surface area contributed by atoms with Crippen LogP contribution in [-0.2, 0) is 13.1 Å². The summed E-state index contributed by atoms with van der Waals surface area (Å²) in [6.45, 7) is 3.42. The SMILES string of the molecule is COc1ccccc1C1C2(C#N)CN(Cc3ccccc3)CC1(C#N)C1=NCN(Cc3ccccc3)CN1C2=[SeH]. The molecule has 8 heteroatoms. The molecule has 7 nitrogen and oxygen atoms in total. The fourth-order valence-electron chi connectivity index (χ4n) is 6.75. The van der Waals surface area contributed by atoms with Gasteiger partial charge < -0.3 is 0 Å². The molecule has 1 radical (unpaired) electrons. The third-order valence-electron chi connectivity index (χ3n) is 8.35. The minimum atomic E-state index is -1.04. The van der Waals surface area contributed by atoms with Gasteiger partial charge in [-0.05, 0) is 0 Å². The number of rotatable bonds is 6. The molecule has 0 aliphatic carbocycles. The van der Waals surface area contributed by atoms with Crippen molar-refractivity contribution < 1.29 is 4.74 Å². The molecule has 40 heavy (non-hydrogen) atoms.